The molecule has 1 unspecified atom stereocenters. The third-order valence-corrected chi connectivity index (χ3v) is 3.73. The fourth-order valence-electron chi connectivity index (χ4n) is 1.38. The van der Waals surface area contributed by atoms with Crippen LogP contribution >= 0.6 is 7.60 Å². The fourth-order valence-corrected chi connectivity index (χ4v) is 2.48. The maximum Gasteiger partial charge on any atom is 0.328 e. The second-order valence-electron chi connectivity index (χ2n) is 3.83. The van der Waals surface area contributed by atoms with Gasteiger partial charge >= 0.3 is 7.60 Å². The topological polar surface area (TPSA) is 46.5 Å². The molecule has 0 saturated heterocycles. The van der Waals surface area contributed by atoms with Crippen molar-refractivity contribution in [2.45, 2.75) is 32.8 Å². The molecule has 0 aromatic heterocycles. The summed E-state index contributed by atoms with van der Waals surface area (Å²) >= 11 is 0. The maximum absolute atomic E-state index is 11.6. The van der Waals surface area contributed by atoms with Gasteiger partial charge in [0.15, 0.2) is 0 Å². The van der Waals surface area contributed by atoms with Gasteiger partial charge in [-0.15, -0.1) is 0 Å². The molecule has 0 radical (unpaired) electrons. The smallest absolute Gasteiger partial charge is 0.324 e. The van der Waals surface area contributed by atoms with Gasteiger partial charge in [0, 0.05) is 6.16 Å². The molecule has 1 N–H and O–H groups in total. The first kappa shape index (κ1) is 13.4. The van der Waals surface area contributed by atoms with Gasteiger partial charge in [-0.2, -0.15) is 0 Å². The highest BCUT2D eigenvalue weighted by atomic mass is 31.2. The second kappa shape index (κ2) is 6.85. The molecular formula is C12H19O3P. The summed E-state index contributed by atoms with van der Waals surface area (Å²) in [7, 11) is -3.39. The van der Waals surface area contributed by atoms with Crippen LogP contribution in [-0.2, 0) is 15.7 Å². The van der Waals surface area contributed by atoms with Gasteiger partial charge < -0.3 is 9.42 Å². The Morgan fingerprint density at radius 1 is 1.25 bits per heavy atom. The molecule has 0 bridgehead atoms. The van der Waals surface area contributed by atoms with Crippen LogP contribution in [0.2, 0.25) is 0 Å². The first-order valence-electron chi connectivity index (χ1n) is 5.64. The molecule has 4 heteroatoms. The Labute approximate surface area is 97.0 Å². The molecule has 0 heterocycles. The van der Waals surface area contributed by atoms with Gasteiger partial charge in [-0.1, -0.05) is 50.1 Å². The third kappa shape index (κ3) is 5.45. The first-order chi connectivity index (χ1) is 7.64. The molecule has 0 fully saturated rings. The predicted molar refractivity (Wildman–Crippen MR) is 65.4 cm³/mol. The van der Waals surface area contributed by atoms with Crippen molar-refractivity contribution >= 4 is 7.60 Å². The predicted octanol–water partition coefficient (Wildman–Crippen LogP) is 3.58. The van der Waals surface area contributed by atoms with Crippen molar-refractivity contribution in [3.63, 3.8) is 0 Å². The molecule has 1 rings (SSSR count). The molecule has 16 heavy (non-hydrogen) atoms. The van der Waals surface area contributed by atoms with E-state index in [1.54, 1.807) is 0 Å². The van der Waals surface area contributed by atoms with E-state index in [1.165, 1.54) is 0 Å². The van der Waals surface area contributed by atoms with Gasteiger partial charge in [-0.05, 0) is 12.0 Å². The van der Waals surface area contributed by atoms with Gasteiger partial charge in [0.05, 0.1) is 6.61 Å². The van der Waals surface area contributed by atoms with E-state index in [2.05, 4.69) is 6.92 Å². The average Bonchev–Trinajstić information content (AvgIpc) is 2.28. The van der Waals surface area contributed by atoms with Gasteiger partial charge in [-0.3, -0.25) is 4.57 Å². The minimum Gasteiger partial charge on any atom is -0.324 e. The Hall–Kier alpha value is -0.630. The molecule has 1 aromatic carbocycles. The van der Waals surface area contributed by atoms with Crippen LogP contribution < -0.4 is 0 Å². The fraction of sp³-hybridized carbons (Fsp3) is 0.500. The van der Waals surface area contributed by atoms with E-state index in [9.17, 15) is 9.46 Å². The summed E-state index contributed by atoms with van der Waals surface area (Å²) in [5.74, 6) is 0. The van der Waals surface area contributed by atoms with Crippen LogP contribution in [0.15, 0.2) is 30.3 Å². The molecule has 1 atom stereocenters. The standard InChI is InChI=1S/C12H19O3P/c1-2-3-7-10-16(13,14)15-11-12-8-5-4-6-9-12/h4-6,8-9H,2-3,7,10-11H2,1H3,(H,13,14). The molecule has 3 nitrogen and oxygen atoms in total. The van der Waals surface area contributed by atoms with E-state index in [0.717, 1.165) is 24.8 Å². The summed E-state index contributed by atoms with van der Waals surface area (Å²) in [5, 5.41) is 0. The van der Waals surface area contributed by atoms with Crippen LogP contribution in [0, 0.1) is 0 Å². The maximum atomic E-state index is 11.6. The molecule has 90 valence electrons. The van der Waals surface area contributed by atoms with E-state index in [0.29, 0.717) is 0 Å². The lowest BCUT2D eigenvalue weighted by Crippen LogP contribution is -1.96. The van der Waals surface area contributed by atoms with E-state index < -0.39 is 7.60 Å². The van der Waals surface area contributed by atoms with E-state index in [4.69, 9.17) is 4.52 Å². The Kier molecular flexibility index (Phi) is 5.75. The minimum atomic E-state index is -3.39. The summed E-state index contributed by atoms with van der Waals surface area (Å²) < 4.78 is 16.7. The number of hydrogen-bond acceptors (Lipinski definition) is 2. The van der Waals surface area contributed by atoms with Crippen LogP contribution in [0.4, 0.5) is 0 Å². The van der Waals surface area contributed by atoms with Crippen LogP contribution in [-0.4, -0.2) is 11.1 Å². The zero-order chi connectivity index (χ0) is 11.9. The molecule has 0 amide bonds. The van der Waals surface area contributed by atoms with E-state index >= 15 is 0 Å². The zero-order valence-corrected chi connectivity index (χ0v) is 10.5. The average molecular weight is 242 g/mol. The lowest BCUT2D eigenvalue weighted by molar-refractivity contribution is 0.249. The van der Waals surface area contributed by atoms with Crippen molar-refractivity contribution in [3.05, 3.63) is 35.9 Å². The second-order valence-corrected chi connectivity index (χ2v) is 5.81. The number of unbranched alkanes of at least 4 members (excludes halogenated alkanes) is 2. The van der Waals surface area contributed by atoms with Crippen LogP contribution in [0.3, 0.4) is 0 Å². The molecule has 0 spiro atoms. The highest BCUT2D eigenvalue weighted by Crippen LogP contribution is 2.43. The van der Waals surface area contributed by atoms with Crippen LogP contribution in [0.1, 0.15) is 31.7 Å². The lowest BCUT2D eigenvalue weighted by Gasteiger charge is -2.11. The molecule has 0 aliphatic carbocycles. The Balaban J connectivity index is 2.33. The largest absolute Gasteiger partial charge is 0.328 e. The highest BCUT2D eigenvalue weighted by molar-refractivity contribution is 7.52. The lowest BCUT2D eigenvalue weighted by atomic mass is 10.2. The van der Waals surface area contributed by atoms with Crippen molar-refractivity contribution < 1.29 is 14.0 Å². The van der Waals surface area contributed by atoms with Crippen molar-refractivity contribution in [2.24, 2.45) is 0 Å². The molecule has 0 saturated carbocycles. The number of hydrogen-bond donors (Lipinski definition) is 1. The molecule has 0 aliphatic rings. The first-order valence-corrected chi connectivity index (χ1v) is 7.40. The quantitative estimate of drug-likeness (QED) is 0.587. The van der Waals surface area contributed by atoms with Crippen molar-refractivity contribution in [3.8, 4) is 0 Å². The van der Waals surface area contributed by atoms with Gasteiger partial charge in [0.25, 0.3) is 0 Å². The highest BCUT2D eigenvalue weighted by Gasteiger charge is 2.18. The Bertz CT molecular complexity index is 337. The summed E-state index contributed by atoms with van der Waals surface area (Å²) in [6.07, 6.45) is 3.02. The number of rotatable bonds is 7. The van der Waals surface area contributed by atoms with E-state index in [1.807, 2.05) is 30.3 Å². The molecule has 0 aliphatic heterocycles. The van der Waals surface area contributed by atoms with Gasteiger partial charge in [-0.25, -0.2) is 0 Å². The monoisotopic (exact) mass is 242 g/mol. The Morgan fingerprint density at radius 3 is 2.56 bits per heavy atom. The van der Waals surface area contributed by atoms with E-state index in [-0.39, 0.29) is 12.8 Å². The summed E-state index contributed by atoms with van der Waals surface area (Å²) in [5.41, 5.74) is 0.923. The summed E-state index contributed by atoms with van der Waals surface area (Å²) in [6, 6.07) is 9.44. The number of benzene rings is 1. The third-order valence-electron chi connectivity index (χ3n) is 2.32. The normalized spacial score (nSPS) is 14.6. The SMILES string of the molecule is CCCCCP(=O)(O)OCc1ccccc1. The minimum absolute atomic E-state index is 0.209. The van der Waals surface area contributed by atoms with Crippen molar-refractivity contribution in [1.29, 1.82) is 0 Å². The van der Waals surface area contributed by atoms with Crippen LogP contribution in [0.25, 0.3) is 0 Å². The van der Waals surface area contributed by atoms with Crippen molar-refractivity contribution in [1.82, 2.24) is 0 Å². The molecular weight excluding hydrogens is 223 g/mol. The van der Waals surface area contributed by atoms with Gasteiger partial charge in [0.1, 0.15) is 0 Å². The van der Waals surface area contributed by atoms with Crippen molar-refractivity contribution in [2.75, 3.05) is 6.16 Å². The molecule has 1 aromatic rings. The summed E-state index contributed by atoms with van der Waals surface area (Å²) in [4.78, 5) is 9.54. The zero-order valence-electron chi connectivity index (χ0n) is 9.63. The van der Waals surface area contributed by atoms with Gasteiger partial charge in [0.2, 0.25) is 0 Å². The summed E-state index contributed by atoms with van der Waals surface area (Å²) in [6.45, 7) is 2.27. The Morgan fingerprint density at radius 2 is 1.94 bits per heavy atom. The van der Waals surface area contributed by atoms with Crippen LogP contribution in [0.5, 0.6) is 0 Å².